The first-order valence-electron chi connectivity index (χ1n) is 6.38. The quantitative estimate of drug-likeness (QED) is 0.569. The fourth-order valence-electron chi connectivity index (χ4n) is 2.67. The number of hydrogen-bond acceptors (Lipinski definition) is 1. The molecule has 0 saturated heterocycles. The van der Waals surface area contributed by atoms with Crippen molar-refractivity contribution in [1.29, 1.82) is 0 Å². The summed E-state index contributed by atoms with van der Waals surface area (Å²) in [6.07, 6.45) is 3.32. The first kappa shape index (κ1) is 13.1. The van der Waals surface area contributed by atoms with Crippen LogP contribution in [-0.2, 0) is 0 Å². The summed E-state index contributed by atoms with van der Waals surface area (Å²) >= 11 is 2.26. The highest BCUT2D eigenvalue weighted by molar-refractivity contribution is 14.1. The second kappa shape index (κ2) is 5.51. The van der Waals surface area contributed by atoms with Crippen LogP contribution in [0.3, 0.4) is 0 Å². The molecule has 1 nitrogen and oxygen atoms in total. The van der Waals surface area contributed by atoms with Crippen LogP contribution < -0.4 is 0 Å². The van der Waals surface area contributed by atoms with Crippen LogP contribution in [0.2, 0.25) is 0 Å². The molecule has 0 bridgehead atoms. The molecule has 2 rings (SSSR count). The van der Waals surface area contributed by atoms with E-state index in [1.54, 1.807) is 0 Å². The molecule has 3 unspecified atom stereocenters. The number of halogens is 1. The Morgan fingerprint density at radius 1 is 1.18 bits per heavy atom. The highest BCUT2D eigenvalue weighted by Gasteiger charge is 2.30. The van der Waals surface area contributed by atoms with Crippen molar-refractivity contribution in [2.45, 2.75) is 33.1 Å². The van der Waals surface area contributed by atoms with Gasteiger partial charge >= 0.3 is 0 Å². The van der Waals surface area contributed by atoms with Crippen molar-refractivity contribution >= 4 is 28.4 Å². The molecule has 1 aromatic rings. The van der Waals surface area contributed by atoms with Gasteiger partial charge < -0.3 is 0 Å². The number of Topliss-reactive ketones (excluding diaryl/α,β-unsaturated/α-hetero) is 1. The summed E-state index contributed by atoms with van der Waals surface area (Å²) in [5.74, 6) is 2.05. The van der Waals surface area contributed by atoms with Gasteiger partial charge in [-0.25, -0.2) is 0 Å². The second-order valence-corrected chi connectivity index (χ2v) is 6.47. The van der Waals surface area contributed by atoms with E-state index in [0.29, 0.717) is 11.7 Å². The van der Waals surface area contributed by atoms with Crippen LogP contribution in [0.4, 0.5) is 0 Å². The molecule has 1 aromatic carbocycles. The lowest BCUT2D eigenvalue weighted by Gasteiger charge is -2.31. The molecule has 0 amide bonds. The van der Waals surface area contributed by atoms with Crippen molar-refractivity contribution < 1.29 is 4.79 Å². The van der Waals surface area contributed by atoms with Gasteiger partial charge in [0.2, 0.25) is 0 Å². The molecule has 0 heterocycles. The van der Waals surface area contributed by atoms with Crippen molar-refractivity contribution in [3.8, 4) is 0 Å². The predicted octanol–water partition coefficient (Wildman–Crippen LogP) is 4.55. The average Bonchev–Trinajstić information content (AvgIpc) is 2.32. The number of ketones is 1. The lowest BCUT2D eigenvalue weighted by atomic mass is 9.73. The molecule has 0 N–H and O–H groups in total. The van der Waals surface area contributed by atoms with Crippen LogP contribution >= 0.6 is 22.6 Å². The molecule has 3 atom stereocenters. The average molecular weight is 342 g/mol. The van der Waals surface area contributed by atoms with Crippen LogP contribution in [0.25, 0.3) is 0 Å². The molecule has 17 heavy (non-hydrogen) atoms. The van der Waals surface area contributed by atoms with Crippen LogP contribution in [0.5, 0.6) is 0 Å². The largest absolute Gasteiger partial charge is 0.294 e. The normalized spacial score (nSPS) is 29.0. The lowest BCUT2D eigenvalue weighted by Crippen LogP contribution is -2.26. The molecular weight excluding hydrogens is 323 g/mol. The van der Waals surface area contributed by atoms with E-state index in [1.807, 2.05) is 24.3 Å². The number of rotatable bonds is 2. The Morgan fingerprint density at radius 3 is 2.53 bits per heavy atom. The standard InChI is InChI=1S/C15H19IO/c1-10-7-8-12(9-11(10)2)15(17)13-5-3-4-6-14(13)16/h3-6,10-12H,7-9H2,1-2H3. The first-order chi connectivity index (χ1) is 8.09. The van der Waals surface area contributed by atoms with Gasteiger partial charge in [-0.05, 0) is 59.8 Å². The Labute approximate surface area is 117 Å². The van der Waals surface area contributed by atoms with E-state index in [2.05, 4.69) is 36.4 Å². The number of carbonyl (C=O) groups is 1. The van der Waals surface area contributed by atoms with E-state index in [0.717, 1.165) is 27.9 Å². The van der Waals surface area contributed by atoms with Gasteiger partial charge in [0.15, 0.2) is 5.78 Å². The Bertz CT molecular complexity index is 413. The van der Waals surface area contributed by atoms with E-state index < -0.39 is 0 Å². The smallest absolute Gasteiger partial charge is 0.167 e. The van der Waals surface area contributed by atoms with E-state index in [9.17, 15) is 4.79 Å². The zero-order valence-electron chi connectivity index (χ0n) is 10.4. The summed E-state index contributed by atoms with van der Waals surface area (Å²) in [5.41, 5.74) is 0.917. The summed E-state index contributed by atoms with van der Waals surface area (Å²) in [5, 5.41) is 0. The summed E-state index contributed by atoms with van der Waals surface area (Å²) in [6, 6.07) is 7.93. The van der Waals surface area contributed by atoms with E-state index in [-0.39, 0.29) is 5.92 Å². The van der Waals surface area contributed by atoms with Crippen molar-refractivity contribution in [3.05, 3.63) is 33.4 Å². The zero-order chi connectivity index (χ0) is 12.4. The lowest BCUT2D eigenvalue weighted by molar-refractivity contribution is 0.0836. The SMILES string of the molecule is CC1CCC(C(=O)c2ccccc2I)CC1C. The van der Waals surface area contributed by atoms with Gasteiger partial charge in [0, 0.05) is 15.1 Å². The molecular formula is C15H19IO. The highest BCUT2D eigenvalue weighted by atomic mass is 127. The molecule has 1 saturated carbocycles. The second-order valence-electron chi connectivity index (χ2n) is 5.31. The van der Waals surface area contributed by atoms with Gasteiger partial charge in [0.05, 0.1) is 0 Å². The van der Waals surface area contributed by atoms with Gasteiger partial charge in [-0.3, -0.25) is 4.79 Å². The van der Waals surface area contributed by atoms with E-state index >= 15 is 0 Å². The minimum absolute atomic E-state index is 0.247. The maximum Gasteiger partial charge on any atom is 0.167 e. The molecule has 92 valence electrons. The summed E-state index contributed by atoms with van der Waals surface area (Å²) in [7, 11) is 0. The minimum Gasteiger partial charge on any atom is -0.294 e. The fourth-order valence-corrected chi connectivity index (χ4v) is 3.32. The maximum atomic E-state index is 12.5. The summed E-state index contributed by atoms with van der Waals surface area (Å²) < 4.78 is 1.08. The predicted molar refractivity (Wildman–Crippen MR) is 79.2 cm³/mol. The van der Waals surface area contributed by atoms with Crippen molar-refractivity contribution in [2.75, 3.05) is 0 Å². The molecule has 0 radical (unpaired) electrons. The molecule has 1 aliphatic carbocycles. The van der Waals surface area contributed by atoms with Gasteiger partial charge in [0.1, 0.15) is 0 Å². The van der Waals surface area contributed by atoms with Crippen molar-refractivity contribution in [3.63, 3.8) is 0 Å². The minimum atomic E-state index is 0.247. The number of carbonyl (C=O) groups excluding carboxylic acids is 1. The maximum absolute atomic E-state index is 12.5. The third kappa shape index (κ3) is 2.90. The van der Waals surface area contributed by atoms with Gasteiger partial charge in [-0.1, -0.05) is 32.0 Å². The fraction of sp³-hybridized carbons (Fsp3) is 0.533. The van der Waals surface area contributed by atoms with Gasteiger partial charge in [0.25, 0.3) is 0 Å². The van der Waals surface area contributed by atoms with Crippen LogP contribution in [-0.4, -0.2) is 5.78 Å². The number of hydrogen-bond donors (Lipinski definition) is 0. The van der Waals surface area contributed by atoms with Crippen molar-refractivity contribution in [2.24, 2.45) is 17.8 Å². The first-order valence-corrected chi connectivity index (χ1v) is 7.46. The molecule has 2 heteroatoms. The third-order valence-electron chi connectivity index (χ3n) is 4.11. The van der Waals surface area contributed by atoms with Crippen LogP contribution in [0, 0.1) is 21.3 Å². The highest BCUT2D eigenvalue weighted by Crippen LogP contribution is 2.35. The van der Waals surface area contributed by atoms with Crippen LogP contribution in [0.1, 0.15) is 43.5 Å². The zero-order valence-corrected chi connectivity index (χ0v) is 12.6. The van der Waals surface area contributed by atoms with Gasteiger partial charge in [-0.2, -0.15) is 0 Å². The third-order valence-corrected chi connectivity index (χ3v) is 5.05. The molecule has 1 aliphatic rings. The summed E-state index contributed by atoms with van der Waals surface area (Å²) in [4.78, 5) is 12.5. The molecule has 0 aromatic heterocycles. The Kier molecular flexibility index (Phi) is 4.23. The Hall–Kier alpha value is -0.380. The Balaban J connectivity index is 2.14. The number of benzene rings is 1. The van der Waals surface area contributed by atoms with Gasteiger partial charge in [-0.15, -0.1) is 0 Å². The molecule has 0 aliphatic heterocycles. The van der Waals surface area contributed by atoms with Crippen molar-refractivity contribution in [1.82, 2.24) is 0 Å². The Morgan fingerprint density at radius 2 is 1.88 bits per heavy atom. The molecule has 0 spiro atoms. The molecule has 1 fully saturated rings. The van der Waals surface area contributed by atoms with Crippen LogP contribution in [0.15, 0.2) is 24.3 Å². The van der Waals surface area contributed by atoms with E-state index in [1.165, 1.54) is 6.42 Å². The summed E-state index contributed by atoms with van der Waals surface area (Å²) in [6.45, 7) is 4.58. The monoisotopic (exact) mass is 342 g/mol. The van der Waals surface area contributed by atoms with E-state index in [4.69, 9.17) is 0 Å². The topological polar surface area (TPSA) is 17.1 Å².